The Morgan fingerprint density at radius 1 is 1.26 bits per heavy atom. The van der Waals surface area contributed by atoms with Gasteiger partial charge in [0.25, 0.3) is 5.78 Å². The molecule has 0 saturated heterocycles. The Hall–Kier alpha value is -1.84. The molecule has 0 amide bonds. The summed E-state index contributed by atoms with van der Waals surface area (Å²) in [6.45, 7) is 7.68. The number of ketones is 1. The second kappa shape index (κ2) is 6.36. The Balaban J connectivity index is 3.35. The zero-order chi connectivity index (χ0) is 14.6. The van der Waals surface area contributed by atoms with Crippen LogP contribution in [0.1, 0.15) is 48.2 Å². The maximum Gasteiger partial charge on any atom is 0.379 e. The molecule has 1 aromatic carbocycles. The Kier molecular flexibility index (Phi) is 5.10. The third-order valence-corrected chi connectivity index (χ3v) is 2.88. The monoisotopic (exact) mass is 264 g/mol. The minimum Gasteiger partial charge on any atom is -0.496 e. The quantitative estimate of drug-likeness (QED) is 0.466. The number of benzene rings is 1. The van der Waals surface area contributed by atoms with Crippen molar-refractivity contribution in [3.63, 3.8) is 0 Å². The average molecular weight is 264 g/mol. The van der Waals surface area contributed by atoms with Crippen LogP contribution in [0.15, 0.2) is 12.1 Å². The fraction of sp³-hybridized carbons (Fsp3) is 0.467. The van der Waals surface area contributed by atoms with Crippen LogP contribution >= 0.6 is 0 Å². The first-order valence-corrected chi connectivity index (χ1v) is 6.32. The molecule has 0 N–H and O–H groups in total. The van der Waals surface area contributed by atoms with E-state index in [1.54, 1.807) is 26.2 Å². The highest BCUT2D eigenvalue weighted by Crippen LogP contribution is 2.33. The maximum absolute atomic E-state index is 12.1. The molecule has 19 heavy (non-hydrogen) atoms. The predicted octanol–water partition coefficient (Wildman–Crippen LogP) is 2.87. The highest BCUT2D eigenvalue weighted by Gasteiger charge is 2.25. The summed E-state index contributed by atoms with van der Waals surface area (Å²) in [7, 11) is 1.56. The third kappa shape index (κ3) is 3.13. The van der Waals surface area contributed by atoms with Gasteiger partial charge in [-0.15, -0.1) is 0 Å². The lowest BCUT2D eigenvalue weighted by Gasteiger charge is -2.17. The number of hydrogen-bond donors (Lipinski definition) is 0. The summed E-state index contributed by atoms with van der Waals surface area (Å²) in [6, 6.07) is 3.43. The van der Waals surface area contributed by atoms with Crippen LogP contribution in [0.5, 0.6) is 5.75 Å². The Morgan fingerprint density at radius 3 is 2.37 bits per heavy atom. The Bertz CT molecular complexity index is 489. The summed E-state index contributed by atoms with van der Waals surface area (Å²) in [5.74, 6) is -0.715. The molecular formula is C15H20O4. The molecule has 0 aliphatic carbocycles. The van der Waals surface area contributed by atoms with Crippen molar-refractivity contribution < 1.29 is 19.1 Å². The van der Waals surface area contributed by atoms with Crippen molar-refractivity contribution in [2.45, 2.75) is 33.6 Å². The molecule has 1 rings (SSSR count). The molecule has 0 atom stereocenters. The van der Waals surface area contributed by atoms with E-state index < -0.39 is 11.8 Å². The minimum absolute atomic E-state index is 0.0724. The Morgan fingerprint density at radius 2 is 1.89 bits per heavy atom. The lowest BCUT2D eigenvalue weighted by molar-refractivity contribution is -0.137. The number of rotatable bonds is 5. The summed E-state index contributed by atoms with van der Waals surface area (Å²) in [5, 5.41) is 0. The van der Waals surface area contributed by atoms with Crippen LogP contribution in [0, 0.1) is 6.92 Å². The first-order valence-electron chi connectivity index (χ1n) is 6.32. The van der Waals surface area contributed by atoms with Gasteiger partial charge in [-0.2, -0.15) is 0 Å². The average Bonchev–Trinajstić information content (AvgIpc) is 2.37. The highest BCUT2D eigenvalue weighted by molar-refractivity contribution is 6.41. The SMILES string of the molecule is CCOC(=O)C(=O)c1ccc(C)c(OC)c1C(C)C. The van der Waals surface area contributed by atoms with Crippen LogP contribution in [0.2, 0.25) is 0 Å². The summed E-state index contributed by atoms with van der Waals surface area (Å²) in [6.07, 6.45) is 0. The van der Waals surface area contributed by atoms with Crippen LogP contribution in [-0.2, 0) is 9.53 Å². The van der Waals surface area contributed by atoms with E-state index >= 15 is 0 Å². The predicted molar refractivity (Wildman–Crippen MR) is 72.8 cm³/mol. The van der Waals surface area contributed by atoms with Gasteiger partial charge in [-0.1, -0.05) is 19.9 Å². The van der Waals surface area contributed by atoms with E-state index in [2.05, 4.69) is 0 Å². The maximum atomic E-state index is 12.1. The van der Waals surface area contributed by atoms with Gasteiger partial charge in [-0.05, 0) is 31.4 Å². The molecule has 0 radical (unpaired) electrons. The fourth-order valence-electron chi connectivity index (χ4n) is 2.06. The number of carbonyl (C=O) groups excluding carboxylic acids is 2. The van der Waals surface area contributed by atoms with Crippen molar-refractivity contribution >= 4 is 11.8 Å². The molecular weight excluding hydrogens is 244 g/mol. The number of aryl methyl sites for hydroxylation is 1. The summed E-state index contributed by atoms with van der Waals surface area (Å²) < 4.78 is 10.1. The highest BCUT2D eigenvalue weighted by atomic mass is 16.5. The largest absolute Gasteiger partial charge is 0.496 e. The molecule has 0 aliphatic rings. The van der Waals surface area contributed by atoms with E-state index in [0.717, 1.165) is 11.1 Å². The van der Waals surface area contributed by atoms with Gasteiger partial charge in [-0.25, -0.2) is 4.79 Å². The minimum atomic E-state index is -0.824. The number of esters is 1. The van der Waals surface area contributed by atoms with Crippen LogP contribution < -0.4 is 4.74 Å². The van der Waals surface area contributed by atoms with Crippen molar-refractivity contribution in [1.82, 2.24) is 0 Å². The van der Waals surface area contributed by atoms with E-state index in [9.17, 15) is 9.59 Å². The topological polar surface area (TPSA) is 52.6 Å². The van der Waals surface area contributed by atoms with E-state index in [1.165, 1.54) is 0 Å². The second-order valence-electron chi connectivity index (χ2n) is 4.58. The van der Waals surface area contributed by atoms with Gasteiger partial charge in [0.15, 0.2) is 0 Å². The zero-order valence-electron chi connectivity index (χ0n) is 12.1. The van der Waals surface area contributed by atoms with Crippen molar-refractivity contribution in [3.05, 3.63) is 28.8 Å². The third-order valence-electron chi connectivity index (χ3n) is 2.88. The smallest absolute Gasteiger partial charge is 0.379 e. The lowest BCUT2D eigenvalue weighted by Crippen LogP contribution is -2.20. The molecule has 4 nitrogen and oxygen atoms in total. The molecule has 0 saturated carbocycles. The van der Waals surface area contributed by atoms with E-state index in [-0.39, 0.29) is 12.5 Å². The first-order chi connectivity index (χ1) is 8.93. The van der Waals surface area contributed by atoms with Gasteiger partial charge in [0.1, 0.15) is 5.75 Å². The number of ether oxygens (including phenoxy) is 2. The molecule has 0 aromatic heterocycles. The molecule has 0 bridgehead atoms. The van der Waals surface area contributed by atoms with Gasteiger partial charge in [0.2, 0.25) is 0 Å². The van der Waals surface area contributed by atoms with Gasteiger partial charge < -0.3 is 9.47 Å². The second-order valence-corrected chi connectivity index (χ2v) is 4.58. The van der Waals surface area contributed by atoms with Crippen LogP contribution in [0.4, 0.5) is 0 Å². The van der Waals surface area contributed by atoms with Crippen LogP contribution in [0.25, 0.3) is 0 Å². The number of Topliss-reactive ketones (excluding diaryl/α,β-unsaturated/α-hetero) is 1. The molecule has 0 unspecified atom stereocenters. The number of methoxy groups -OCH3 is 1. The van der Waals surface area contributed by atoms with Gasteiger partial charge >= 0.3 is 5.97 Å². The van der Waals surface area contributed by atoms with E-state index in [4.69, 9.17) is 9.47 Å². The number of carbonyl (C=O) groups is 2. The summed E-state index contributed by atoms with van der Waals surface area (Å²) >= 11 is 0. The van der Waals surface area contributed by atoms with Gasteiger partial charge in [0.05, 0.1) is 13.7 Å². The van der Waals surface area contributed by atoms with Crippen molar-refractivity contribution in [2.24, 2.45) is 0 Å². The fourth-order valence-corrected chi connectivity index (χ4v) is 2.06. The van der Waals surface area contributed by atoms with Crippen molar-refractivity contribution in [2.75, 3.05) is 13.7 Å². The van der Waals surface area contributed by atoms with Crippen molar-refractivity contribution in [3.8, 4) is 5.75 Å². The molecule has 0 heterocycles. The summed E-state index contributed by atoms with van der Waals surface area (Å²) in [4.78, 5) is 23.7. The first kappa shape index (κ1) is 15.2. The van der Waals surface area contributed by atoms with Gasteiger partial charge in [0, 0.05) is 11.1 Å². The van der Waals surface area contributed by atoms with E-state index in [0.29, 0.717) is 11.3 Å². The zero-order valence-corrected chi connectivity index (χ0v) is 12.1. The van der Waals surface area contributed by atoms with Gasteiger partial charge in [-0.3, -0.25) is 4.79 Å². The van der Waals surface area contributed by atoms with Crippen LogP contribution in [0.3, 0.4) is 0 Å². The Labute approximate surface area is 113 Å². The van der Waals surface area contributed by atoms with Crippen molar-refractivity contribution in [1.29, 1.82) is 0 Å². The van der Waals surface area contributed by atoms with E-state index in [1.807, 2.05) is 20.8 Å². The standard InChI is InChI=1S/C15H20O4/c1-6-19-15(17)13(16)11-8-7-10(4)14(18-5)12(11)9(2)3/h7-9H,6H2,1-5H3. The lowest BCUT2D eigenvalue weighted by atomic mass is 9.91. The van der Waals surface area contributed by atoms with Crippen LogP contribution in [-0.4, -0.2) is 25.5 Å². The number of hydrogen-bond acceptors (Lipinski definition) is 4. The normalized spacial score (nSPS) is 10.4. The molecule has 4 heteroatoms. The summed E-state index contributed by atoms with van der Waals surface area (Å²) in [5.41, 5.74) is 2.04. The molecule has 104 valence electrons. The molecule has 0 fully saturated rings. The molecule has 1 aromatic rings. The molecule has 0 spiro atoms. The molecule has 0 aliphatic heterocycles.